The van der Waals surface area contributed by atoms with Gasteiger partial charge in [0.2, 0.25) is 0 Å². The van der Waals surface area contributed by atoms with Gasteiger partial charge >= 0.3 is 0 Å². The summed E-state index contributed by atoms with van der Waals surface area (Å²) in [7, 11) is 0. The van der Waals surface area contributed by atoms with Crippen LogP contribution in [0.1, 0.15) is 11.7 Å². The minimum absolute atomic E-state index is 0.0179. The standard InChI is InChI=1S/C7H9N2O2/c10-7(5-9-11)6-1-3-8-4-2-6/h1-4,7,9-10H,5H2/q-1. The van der Waals surface area contributed by atoms with Crippen molar-refractivity contribution < 1.29 is 5.11 Å². The predicted molar refractivity (Wildman–Crippen MR) is 40.6 cm³/mol. The summed E-state index contributed by atoms with van der Waals surface area (Å²) in [5.41, 5.74) is 2.34. The topological polar surface area (TPSA) is 68.2 Å². The maximum Gasteiger partial charge on any atom is 0.0906 e. The first-order chi connectivity index (χ1) is 5.34. The molecule has 1 aromatic heterocycles. The number of nitrogens with zero attached hydrogens (tertiary/aromatic N) is 1. The van der Waals surface area contributed by atoms with Crippen molar-refractivity contribution in [3.63, 3.8) is 0 Å². The molecule has 0 saturated heterocycles. The third-order valence-corrected chi connectivity index (χ3v) is 1.37. The Morgan fingerprint density at radius 1 is 1.55 bits per heavy atom. The molecule has 0 saturated carbocycles. The van der Waals surface area contributed by atoms with Crippen LogP contribution in [0, 0.1) is 5.21 Å². The Bertz CT molecular complexity index is 203. The van der Waals surface area contributed by atoms with Gasteiger partial charge in [-0.25, -0.2) is 0 Å². The molecule has 4 nitrogen and oxygen atoms in total. The monoisotopic (exact) mass is 153 g/mol. The zero-order valence-corrected chi connectivity index (χ0v) is 5.90. The average Bonchev–Trinajstić information content (AvgIpc) is 2.07. The fraction of sp³-hybridized carbons (Fsp3) is 0.286. The molecule has 0 aliphatic carbocycles. The van der Waals surface area contributed by atoms with Gasteiger partial charge < -0.3 is 15.8 Å². The molecule has 11 heavy (non-hydrogen) atoms. The quantitative estimate of drug-likeness (QED) is 0.609. The third-order valence-electron chi connectivity index (χ3n) is 1.37. The highest BCUT2D eigenvalue weighted by atomic mass is 16.5. The fourth-order valence-corrected chi connectivity index (χ4v) is 0.782. The number of rotatable bonds is 3. The van der Waals surface area contributed by atoms with Crippen LogP contribution in [0.2, 0.25) is 0 Å². The lowest BCUT2D eigenvalue weighted by Crippen LogP contribution is -2.14. The summed E-state index contributed by atoms with van der Waals surface area (Å²) in [5.74, 6) is 0. The fourth-order valence-electron chi connectivity index (χ4n) is 0.782. The highest BCUT2D eigenvalue weighted by Gasteiger charge is 2.02. The van der Waals surface area contributed by atoms with Crippen LogP contribution in [-0.2, 0) is 0 Å². The van der Waals surface area contributed by atoms with E-state index in [1.165, 1.54) is 0 Å². The van der Waals surface area contributed by atoms with E-state index in [-0.39, 0.29) is 6.54 Å². The Kier molecular flexibility index (Phi) is 2.97. The van der Waals surface area contributed by atoms with E-state index in [9.17, 15) is 10.3 Å². The number of nitrogens with one attached hydrogen (secondary N) is 1. The van der Waals surface area contributed by atoms with Crippen LogP contribution >= 0.6 is 0 Å². The number of aromatic nitrogens is 1. The molecule has 0 fully saturated rings. The molecular weight excluding hydrogens is 144 g/mol. The maximum absolute atomic E-state index is 9.89. The van der Waals surface area contributed by atoms with Crippen molar-refractivity contribution in [3.8, 4) is 0 Å². The summed E-state index contributed by atoms with van der Waals surface area (Å²) in [5, 5.41) is 19.1. The van der Waals surface area contributed by atoms with E-state index >= 15 is 0 Å². The minimum Gasteiger partial charge on any atom is -0.788 e. The van der Waals surface area contributed by atoms with Gasteiger partial charge in [0.25, 0.3) is 0 Å². The highest BCUT2D eigenvalue weighted by Crippen LogP contribution is 2.08. The Morgan fingerprint density at radius 2 is 2.18 bits per heavy atom. The van der Waals surface area contributed by atoms with Crippen LogP contribution in [0.5, 0.6) is 0 Å². The molecule has 1 rings (SSSR count). The van der Waals surface area contributed by atoms with Crippen molar-refractivity contribution in [2.75, 3.05) is 6.54 Å². The Labute approximate surface area is 64.5 Å². The molecule has 0 amide bonds. The van der Waals surface area contributed by atoms with Gasteiger partial charge in [-0.05, 0) is 17.7 Å². The van der Waals surface area contributed by atoms with Crippen molar-refractivity contribution in [3.05, 3.63) is 35.3 Å². The van der Waals surface area contributed by atoms with Gasteiger partial charge in [-0.2, -0.15) is 0 Å². The van der Waals surface area contributed by atoms with Gasteiger partial charge in [0.05, 0.1) is 6.10 Å². The largest absolute Gasteiger partial charge is 0.788 e. The smallest absolute Gasteiger partial charge is 0.0906 e. The number of hydrogen-bond acceptors (Lipinski definition) is 4. The van der Waals surface area contributed by atoms with Crippen LogP contribution in [-0.4, -0.2) is 16.6 Å². The van der Waals surface area contributed by atoms with Crippen LogP contribution in [0.15, 0.2) is 24.5 Å². The molecule has 2 N–H and O–H groups in total. The Morgan fingerprint density at radius 3 is 2.73 bits per heavy atom. The zero-order valence-electron chi connectivity index (χ0n) is 5.90. The maximum atomic E-state index is 9.89. The van der Waals surface area contributed by atoms with E-state index in [4.69, 9.17) is 0 Å². The van der Waals surface area contributed by atoms with Crippen molar-refractivity contribution in [2.24, 2.45) is 0 Å². The van der Waals surface area contributed by atoms with E-state index in [2.05, 4.69) is 4.98 Å². The molecule has 1 heterocycles. The summed E-state index contributed by atoms with van der Waals surface area (Å²) in [4.78, 5) is 3.78. The Hall–Kier alpha value is -0.970. The van der Waals surface area contributed by atoms with Gasteiger partial charge in [-0.1, -0.05) is 0 Å². The lowest BCUT2D eigenvalue weighted by molar-refractivity contribution is 0.179. The highest BCUT2D eigenvalue weighted by molar-refractivity contribution is 5.13. The van der Waals surface area contributed by atoms with Crippen LogP contribution < -0.4 is 5.48 Å². The molecule has 60 valence electrons. The van der Waals surface area contributed by atoms with Gasteiger partial charge in [-0.3, -0.25) is 4.98 Å². The van der Waals surface area contributed by atoms with Crippen LogP contribution in [0.3, 0.4) is 0 Å². The van der Waals surface area contributed by atoms with Gasteiger partial charge in [0.1, 0.15) is 0 Å². The third kappa shape index (κ3) is 2.27. The molecule has 4 heteroatoms. The van der Waals surface area contributed by atoms with E-state index in [0.29, 0.717) is 5.56 Å². The number of hydroxylamine groups is 1. The summed E-state index contributed by atoms with van der Waals surface area (Å²) < 4.78 is 0. The number of aliphatic hydroxyl groups is 1. The SMILES string of the molecule is [O-]NCC(O)c1ccncc1. The zero-order chi connectivity index (χ0) is 8.10. The van der Waals surface area contributed by atoms with Gasteiger partial charge in [0.15, 0.2) is 0 Å². The van der Waals surface area contributed by atoms with E-state index in [0.717, 1.165) is 0 Å². The molecule has 1 atom stereocenters. The number of pyridine rings is 1. The van der Waals surface area contributed by atoms with E-state index in [1.54, 1.807) is 30.0 Å². The second-order valence-corrected chi connectivity index (χ2v) is 2.14. The summed E-state index contributed by atoms with van der Waals surface area (Å²) in [6.45, 7) is 0.0179. The molecule has 1 aromatic rings. The Balaban J connectivity index is 2.61. The molecule has 0 radical (unpaired) electrons. The lowest BCUT2D eigenvalue weighted by atomic mass is 10.1. The van der Waals surface area contributed by atoms with Crippen molar-refractivity contribution in [1.82, 2.24) is 10.5 Å². The molecular formula is C7H9N2O2-. The van der Waals surface area contributed by atoms with Crippen molar-refractivity contribution >= 4 is 0 Å². The average molecular weight is 153 g/mol. The molecule has 0 aliphatic rings. The summed E-state index contributed by atoms with van der Waals surface area (Å²) >= 11 is 0. The first-order valence-electron chi connectivity index (χ1n) is 3.27. The second-order valence-electron chi connectivity index (χ2n) is 2.14. The summed E-state index contributed by atoms with van der Waals surface area (Å²) in [6.07, 6.45) is 2.41. The van der Waals surface area contributed by atoms with Gasteiger partial charge in [-0.15, -0.1) is 0 Å². The molecule has 0 bridgehead atoms. The number of aliphatic hydroxyl groups excluding tert-OH is 1. The van der Waals surface area contributed by atoms with Crippen LogP contribution in [0.25, 0.3) is 0 Å². The lowest BCUT2D eigenvalue weighted by Gasteiger charge is -2.13. The number of hydrogen-bond donors (Lipinski definition) is 2. The first-order valence-corrected chi connectivity index (χ1v) is 3.27. The molecule has 0 aliphatic heterocycles. The normalized spacial score (nSPS) is 12.9. The minimum atomic E-state index is -0.740. The predicted octanol–water partition coefficient (Wildman–Crippen LogP) is 0.202. The molecule has 0 aromatic carbocycles. The van der Waals surface area contributed by atoms with E-state index in [1.807, 2.05) is 0 Å². The van der Waals surface area contributed by atoms with Crippen molar-refractivity contribution in [1.29, 1.82) is 0 Å². The summed E-state index contributed by atoms with van der Waals surface area (Å²) in [6, 6.07) is 3.34. The van der Waals surface area contributed by atoms with E-state index < -0.39 is 6.10 Å². The van der Waals surface area contributed by atoms with Gasteiger partial charge in [0, 0.05) is 18.9 Å². The first kappa shape index (κ1) is 8.13. The molecule has 1 unspecified atom stereocenters. The second kappa shape index (κ2) is 4.02. The van der Waals surface area contributed by atoms with Crippen LogP contribution in [0.4, 0.5) is 0 Å². The van der Waals surface area contributed by atoms with Crippen molar-refractivity contribution in [2.45, 2.75) is 6.10 Å². The molecule has 0 spiro atoms.